The van der Waals surface area contributed by atoms with Crippen LogP contribution in [0.1, 0.15) is 37.6 Å². The lowest BCUT2D eigenvalue weighted by Gasteiger charge is -2.19. The zero-order valence-electron chi connectivity index (χ0n) is 10.2. The third-order valence-electron chi connectivity index (χ3n) is 2.88. The van der Waals surface area contributed by atoms with Gasteiger partial charge in [-0.05, 0) is 25.9 Å². The summed E-state index contributed by atoms with van der Waals surface area (Å²) in [4.78, 5) is 11.5. The maximum atomic E-state index is 11.5. The topological polar surface area (TPSA) is 66.9 Å². The van der Waals surface area contributed by atoms with Crippen LogP contribution in [0, 0.1) is 5.92 Å². The smallest absolute Gasteiger partial charge is 0.228 e. The van der Waals surface area contributed by atoms with E-state index in [1.807, 2.05) is 13.8 Å². The lowest BCUT2D eigenvalue weighted by atomic mass is 9.99. The largest absolute Gasteiger partial charge is 0.317 e. The molecular weight excluding hydrogens is 236 g/mol. The fourth-order valence-electron chi connectivity index (χ4n) is 1.77. The number of amides is 1. The molecule has 17 heavy (non-hydrogen) atoms. The van der Waals surface area contributed by atoms with Crippen LogP contribution < -0.4 is 10.6 Å². The molecule has 1 saturated heterocycles. The average molecular weight is 254 g/mol. The molecule has 0 aliphatic carbocycles. The van der Waals surface area contributed by atoms with Gasteiger partial charge in [-0.1, -0.05) is 25.2 Å². The Bertz CT molecular complexity index is 385. The maximum absolute atomic E-state index is 11.5. The van der Waals surface area contributed by atoms with Crippen LogP contribution in [0.25, 0.3) is 0 Å². The SMILES string of the molecule is CC(C)C(=O)Nc1nnc(C2CCNCC2)s1. The van der Waals surface area contributed by atoms with E-state index in [0.717, 1.165) is 30.9 Å². The van der Waals surface area contributed by atoms with Gasteiger partial charge < -0.3 is 10.6 Å². The van der Waals surface area contributed by atoms with E-state index in [1.165, 1.54) is 11.3 Å². The van der Waals surface area contributed by atoms with Gasteiger partial charge in [-0.15, -0.1) is 10.2 Å². The van der Waals surface area contributed by atoms with E-state index in [9.17, 15) is 4.79 Å². The minimum atomic E-state index is -0.0266. The molecule has 5 nitrogen and oxygen atoms in total. The van der Waals surface area contributed by atoms with Crippen LogP contribution in [0.4, 0.5) is 5.13 Å². The molecule has 0 bridgehead atoms. The fraction of sp³-hybridized carbons (Fsp3) is 0.727. The van der Waals surface area contributed by atoms with Gasteiger partial charge in [-0.3, -0.25) is 4.79 Å². The molecule has 1 fully saturated rings. The molecule has 1 amide bonds. The number of hydrogen-bond donors (Lipinski definition) is 2. The maximum Gasteiger partial charge on any atom is 0.228 e. The van der Waals surface area contributed by atoms with Gasteiger partial charge in [0.2, 0.25) is 11.0 Å². The molecule has 6 heteroatoms. The summed E-state index contributed by atoms with van der Waals surface area (Å²) in [7, 11) is 0. The number of rotatable bonds is 3. The average Bonchev–Trinajstić information content (AvgIpc) is 2.78. The number of nitrogens with zero attached hydrogens (tertiary/aromatic N) is 2. The molecule has 1 aliphatic rings. The van der Waals surface area contributed by atoms with E-state index < -0.39 is 0 Å². The summed E-state index contributed by atoms with van der Waals surface area (Å²) in [6, 6.07) is 0. The predicted molar refractivity (Wildman–Crippen MR) is 68.2 cm³/mol. The van der Waals surface area contributed by atoms with Gasteiger partial charge in [0, 0.05) is 11.8 Å². The molecule has 2 N–H and O–H groups in total. The van der Waals surface area contributed by atoms with Crippen molar-refractivity contribution in [1.82, 2.24) is 15.5 Å². The first-order valence-electron chi connectivity index (χ1n) is 6.02. The quantitative estimate of drug-likeness (QED) is 0.860. The molecule has 0 spiro atoms. The summed E-state index contributed by atoms with van der Waals surface area (Å²) in [5.41, 5.74) is 0. The molecule has 0 saturated carbocycles. The highest BCUT2D eigenvalue weighted by Gasteiger charge is 2.20. The highest BCUT2D eigenvalue weighted by atomic mass is 32.1. The number of piperidine rings is 1. The van der Waals surface area contributed by atoms with Gasteiger partial charge in [0.05, 0.1) is 0 Å². The molecule has 1 aromatic heterocycles. The Balaban J connectivity index is 1.97. The molecular formula is C11H18N4OS. The van der Waals surface area contributed by atoms with Crippen LogP contribution in [-0.2, 0) is 4.79 Å². The first-order chi connectivity index (χ1) is 8.16. The molecule has 2 rings (SSSR count). The third kappa shape index (κ3) is 3.23. The summed E-state index contributed by atoms with van der Waals surface area (Å²) in [6.45, 7) is 5.81. The summed E-state index contributed by atoms with van der Waals surface area (Å²) in [5, 5.41) is 16.0. The van der Waals surface area contributed by atoms with Crippen molar-refractivity contribution in [3.05, 3.63) is 5.01 Å². The van der Waals surface area contributed by atoms with Crippen molar-refractivity contribution in [3.8, 4) is 0 Å². The number of nitrogens with one attached hydrogen (secondary N) is 2. The second-order valence-corrected chi connectivity index (χ2v) is 5.62. The third-order valence-corrected chi connectivity index (χ3v) is 3.88. The molecule has 0 atom stereocenters. The first-order valence-corrected chi connectivity index (χ1v) is 6.83. The number of carbonyl (C=O) groups excluding carboxylic acids is 1. The Morgan fingerprint density at radius 1 is 1.41 bits per heavy atom. The van der Waals surface area contributed by atoms with E-state index in [2.05, 4.69) is 20.8 Å². The Morgan fingerprint density at radius 2 is 2.12 bits per heavy atom. The molecule has 0 aromatic carbocycles. The molecule has 1 aliphatic heterocycles. The van der Waals surface area contributed by atoms with Crippen molar-refractivity contribution in [3.63, 3.8) is 0 Å². The minimum Gasteiger partial charge on any atom is -0.317 e. The summed E-state index contributed by atoms with van der Waals surface area (Å²) < 4.78 is 0. The van der Waals surface area contributed by atoms with Gasteiger partial charge in [-0.2, -0.15) is 0 Å². The van der Waals surface area contributed by atoms with Crippen LogP contribution in [0.5, 0.6) is 0 Å². The summed E-state index contributed by atoms with van der Waals surface area (Å²) in [6.07, 6.45) is 2.21. The number of anilines is 1. The van der Waals surface area contributed by atoms with Crippen molar-refractivity contribution < 1.29 is 4.79 Å². The molecule has 2 heterocycles. The Morgan fingerprint density at radius 3 is 2.76 bits per heavy atom. The Hall–Kier alpha value is -1.01. The van der Waals surface area contributed by atoms with Crippen molar-refractivity contribution in [2.24, 2.45) is 5.92 Å². The predicted octanol–water partition coefficient (Wildman–Crippen LogP) is 1.60. The van der Waals surface area contributed by atoms with Crippen molar-refractivity contribution >= 4 is 22.4 Å². The Labute approximate surface area is 105 Å². The van der Waals surface area contributed by atoms with Gasteiger partial charge in [0.1, 0.15) is 5.01 Å². The fourth-order valence-corrected chi connectivity index (χ4v) is 2.68. The second-order valence-electron chi connectivity index (χ2n) is 4.61. The Kier molecular flexibility index (Phi) is 4.06. The van der Waals surface area contributed by atoms with Crippen molar-refractivity contribution in [1.29, 1.82) is 0 Å². The summed E-state index contributed by atoms with van der Waals surface area (Å²) >= 11 is 1.50. The van der Waals surface area contributed by atoms with Gasteiger partial charge in [0.25, 0.3) is 0 Å². The van der Waals surface area contributed by atoms with Gasteiger partial charge in [0.15, 0.2) is 0 Å². The van der Waals surface area contributed by atoms with E-state index in [4.69, 9.17) is 0 Å². The highest BCUT2D eigenvalue weighted by molar-refractivity contribution is 7.15. The zero-order valence-corrected chi connectivity index (χ0v) is 11.0. The number of aromatic nitrogens is 2. The number of carbonyl (C=O) groups is 1. The van der Waals surface area contributed by atoms with E-state index in [1.54, 1.807) is 0 Å². The lowest BCUT2D eigenvalue weighted by molar-refractivity contribution is -0.118. The molecule has 0 radical (unpaired) electrons. The first kappa shape index (κ1) is 12.4. The molecule has 94 valence electrons. The van der Waals surface area contributed by atoms with E-state index >= 15 is 0 Å². The summed E-state index contributed by atoms with van der Waals surface area (Å²) in [5.74, 6) is 0.470. The second kappa shape index (κ2) is 5.55. The van der Waals surface area contributed by atoms with Crippen LogP contribution in [0.3, 0.4) is 0 Å². The standard InChI is InChI=1S/C11H18N4OS/c1-7(2)9(16)13-11-15-14-10(17-11)8-3-5-12-6-4-8/h7-8,12H,3-6H2,1-2H3,(H,13,15,16). The van der Waals surface area contributed by atoms with Crippen molar-refractivity contribution in [2.45, 2.75) is 32.6 Å². The normalized spacial score (nSPS) is 17.4. The number of hydrogen-bond acceptors (Lipinski definition) is 5. The van der Waals surface area contributed by atoms with Gasteiger partial charge in [-0.25, -0.2) is 0 Å². The van der Waals surface area contributed by atoms with Crippen molar-refractivity contribution in [2.75, 3.05) is 18.4 Å². The molecule has 0 unspecified atom stereocenters. The van der Waals surface area contributed by atoms with Crippen LogP contribution in [-0.4, -0.2) is 29.2 Å². The minimum absolute atomic E-state index is 0.00184. The van der Waals surface area contributed by atoms with E-state index in [-0.39, 0.29) is 11.8 Å². The van der Waals surface area contributed by atoms with Gasteiger partial charge >= 0.3 is 0 Å². The van der Waals surface area contributed by atoms with Crippen LogP contribution in [0.2, 0.25) is 0 Å². The highest BCUT2D eigenvalue weighted by Crippen LogP contribution is 2.29. The zero-order chi connectivity index (χ0) is 12.3. The van der Waals surface area contributed by atoms with Crippen LogP contribution >= 0.6 is 11.3 Å². The molecule has 1 aromatic rings. The van der Waals surface area contributed by atoms with E-state index in [0.29, 0.717) is 11.0 Å². The monoisotopic (exact) mass is 254 g/mol. The van der Waals surface area contributed by atoms with Crippen LogP contribution in [0.15, 0.2) is 0 Å². The lowest BCUT2D eigenvalue weighted by Crippen LogP contribution is -2.26.